The summed E-state index contributed by atoms with van der Waals surface area (Å²) in [5.74, 6) is -0.140. The number of rotatable bonds is 5. The normalized spacial score (nSPS) is 22.2. The average Bonchev–Trinajstić information content (AvgIpc) is 2.81. The number of aliphatic hydroxyl groups excluding tert-OH is 1. The lowest BCUT2D eigenvalue weighted by atomic mass is 10.1. The van der Waals surface area contributed by atoms with E-state index in [2.05, 4.69) is 0 Å². The molecule has 0 saturated carbocycles. The Morgan fingerprint density at radius 2 is 2.25 bits per heavy atom. The van der Waals surface area contributed by atoms with Gasteiger partial charge in [0, 0.05) is 13.5 Å². The molecule has 1 aromatic rings. The van der Waals surface area contributed by atoms with Crippen molar-refractivity contribution in [1.82, 2.24) is 4.90 Å². The third kappa shape index (κ3) is 3.55. The number of methoxy groups -OCH3 is 1. The predicted octanol–water partition coefficient (Wildman–Crippen LogP) is 1.31. The fourth-order valence-electron chi connectivity index (χ4n) is 2.61. The van der Waals surface area contributed by atoms with Crippen molar-refractivity contribution < 1.29 is 19.0 Å². The second-order valence-corrected chi connectivity index (χ2v) is 5.15. The summed E-state index contributed by atoms with van der Waals surface area (Å²) >= 11 is 0. The van der Waals surface area contributed by atoms with Gasteiger partial charge in [-0.25, -0.2) is 4.39 Å². The molecule has 1 aromatic carbocycles. The molecule has 1 N–H and O–H groups in total. The Labute approximate surface area is 118 Å². The van der Waals surface area contributed by atoms with Crippen LogP contribution in [0.2, 0.25) is 0 Å². The van der Waals surface area contributed by atoms with Gasteiger partial charge in [0.15, 0.2) is 0 Å². The Hall–Kier alpha value is -1.46. The summed E-state index contributed by atoms with van der Waals surface area (Å²) in [7, 11) is 1.62. The fraction of sp³-hybridized carbons (Fsp3) is 0.533. The number of halogens is 1. The molecule has 0 radical (unpaired) electrons. The van der Waals surface area contributed by atoms with Crippen LogP contribution in [0.5, 0.6) is 0 Å². The van der Waals surface area contributed by atoms with Gasteiger partial charge in [0.1, 0.15) is 6.17 Å². The lowest BCUT2D eigenvalue weighted by Crippen LogP contribution is -2.38. The lowest BCUT2D eigenvalue weighted by Gasteiger charge is -2.22. The zero-order valence-corrected chi connectivity index (χ0v) is 11.6. The predicted molar refractivity (Wildman–Crippen MR) is 73.0 cm³/mol. The van der Waals surface area contributed by atoms with E-state index >= 15 is 0 Å². The summed E-state index contributed by atoms with van der Waals surface area (Å²) < 4.78 is 18.4. The standard InChI is InChI=1S/C15H20FNO3/c1-20-10-12-4-2-3-11(5-12)6-15(19)17-8-13(16)7-14(17)9-18/h2-5,13-14,18H,6-10H2,1H3/t13-,14-/m0/s1. The van der Waals surface area contributed by atoms with Crippen LogP contribution in [-0.2, 0) is 22.6 Å². The largest absolute Gasteiger partial charge is 0.394 e. The number of amides is 1. The van der Waals surface area contributed by atoms with Gasteiger partial charge in [-0.1, -0.05) is 24.3 Å². The number of carbonyl (C=O) groups is 1. The van der Waals surface area contributed by atoms with E-state index in [-0.39, 0.29) is 37.9 Å². The number of hydrogen-bond donors (Lipinski definition) is 1. The Morgan fingerprint density at radius 3 is 2.95 bits per heavy atom. The van der Waals surface area contributed by atoms with Crippen LogP contribution in [0, 0.1) is 0 Å². The Morgan fingerprint density at radius 1 is 1.50 bits per heavy atom. The number of benzene rings is 1. The molecule has 1 aliphatic heterocycles. The van der Waals surface area contributed by atoms with E-state index in [1.54, 1.807) is 7.11 Å². The zero-order valence-electron chi connectivity index (χ0n) is 11.6. The molecule has 1 fully saturated rings. The third-order valence-corrected chi connectivity index (χ3v) is 3.55. The van der Waals surface area contributed by atoms with Crippen molar-refractivity contribution in [2.24, 2.45) is 0 Å². The number of likely N-dealkylation sites (tertiary alicyclic amines) is 1. The SMILES string of the molecule is COCc1cccc(CC(=O)N2C[C@@H](F)C[C@H]2CO)c1. The third-order valence-electron chi connectivity index (χ3n) is 3.55. The Kier molecular flexibility index (Phi) is 5.09. The van der Waals surface area contributed by atoms with Crippen LogP contribution in [0.1, 0.15) is 17.5 Å². The van der Waals surface area contributed by atoms with Gasteiger partial charge in [-0.05, 0) is 11.1 Å². The van der Waals surface area contributed by atoms with Gasteiger partial charge in [-0.2, -0.15) is 0 Å². The molecule has 0 unspecified atom stereocenters. The van der Waals surface area contributed by atoms with Crippen LogP contribution in [0.25, 0.3) is 0 Å². The lowest BCUT2D eigenvalue weighted by molar-refractivity contribution is -0.132. The number of alkyl halides is 1. The molecule has 0 aliphatic carbocycles. The van der Waals surface area contributed by atoms with Gasteiger partial charge in [0.05, 0.1) is 32.2 Å². The van der Waals surface area contributed by atoms with Crippen LogP contribution in [0.3, 0.4) is 0 Å². The van der Waals surface area contributed by atoms with E-state index in [1.807, 2.05) is 24.3 Å². The van der Waals surface area contributed by atoms with E-state index in [4.69, 9.17) is 4.74 Å². The van der Waals surface area contributed by atoms with Gasteiger partial charge < -0.3 is 14.7 Å². The van der Waals surface area contributed by atoms with Crippen LogP contribution < -0.4 is 0 Å². The molecule has 4 nitrogen and oxygen atoms in total. The maximum atomic E-state index is 13.4. The maximum Gasteiger partial charge on any atom is 0.227 e. The first-order chi connectivity index (χ1) is 9.63. The summed E-state index contributed by atoms with van der Waals surface area (Å²) in [5, 5.41) is 9.21. The molecule has 2 rings (SSSR count). The van der Waals surface area contributed by atoms with Gasteiger partial charge in [0.25, 0.3) is 0 Å². The van der Waals surface area contributed by atoms with Crippen LogP contribution >= 0.6 is 0 Å². The van der Waals surface area contributed by atoms with Crippen LogP contribution in [0.15, 0.2) is 24.3 Å². The summed E-state index contributed by atoms with van der Waals surface area (Å²) in [4.78, 5) is 13.7. The smallest absolute Gasteiger partial charge is 0.227 e. The molecule has 110 valence electrons. The average molecular weight is 281 g/mol. The summed E-state index contributed by atoms with van der Waals surface area (Å²) in [6.07, 6.45) is -0.580. The first-order valence-electron chi connectivity index (χ1n) is 6.75. The molecule has 0 spiro atoms. The van der Waals surface area contributed by atoms with E-state index in [9.17, 15) is 14.3 Å². The molecule has 1 aliphatic rings. The number of ether oxygens (including phenoxy) is 1. The van der Waals surface area contributed by atoms with Crippen molar-refractivity contribution in [3.05, 3.63) is 35.4 Å². The highest BCUT2D eigenvalue weighted by atomic mass is 19.1. The first-order valence-corrected chi connectivity index (χ1v) is 6.75. The molecule has 1 saturated heterocycles. The highest BCUT2D eigenvalue weighted by Crippen LogP contribution is 2.21. The number of carbonyl (C=O) groups excluding carboxylic acids is 1. The molecule has 0 aromatic heterocycles. The van der Waals surface area contributed by atoms with Gasteiger partial charge in [-0.3, -0.25) is 4.79 Å². The highest BCUT2D eigenvalue weighted by Gasteiger charge is 2.34. The molecule has 1 amide bonds. The number of hydrogen-bond acceptors (Lipinski definition) is 3. The molecular weight excluding hydrogens is 261 g/mol. The number of nitrogens with zero attached hydrogens (tertiary/aromatic N) is 1. The molecule has 5 heteroatoms. The van der Waals surface area contributed by atoms with E-state index in [0.717, 1.165) is 11.1 Å². The zero-order chi connectivity index (χ0) is 14.5. The minimum Gasteiger partial charge on any atom is -0.394 e. The molecular formula is C15H20FNO3. The number of aliphatic hydroxyl groups is 1. The van der Waals surface area contributed by atoms with Crippen molar-refractivity contribution in [3.8, 4) is 0 Å². The topological polar surface area (TPSA) is 49.8 Å². The summed E-state index contributed by atoms with van der Waals surface area (Å²) in [6, 6.07) is 7.20. The van der Waals surface area contributed by atoms with Crippen molar-refractivity contribution >= 4 is 5.91 Å². The highest BCUT2D eigenvalue weighted by molar-refractivity contribution is 5.79. The van der Waals surface area contributed by atoms with E-state index in [0.29, 0.717) is 6.61 Å². The molecule has 0 bridgehead atoms. The van der Waals surface area contributed by atoms with Crippen LogP contribution in [-0.4, -0.2) is 48.4 Å². The van der Waals surface area contributed by atoms with E-state index in [1.165, 1.54) is 4.90 Å². The van der Waals surface area contributed by atoms with Gasteiger partial charge in [-0.15, -0.1) is 0 Å². The first kappa shape index (κ1) is 14.9. The second-order valence-electron chi connectivity index (χ2n) is 5.15. The minimum absolute atomic E-state index is 0.0851. The van der Waals surface area contributed by atoms with Crippen molar-refractivity contribution in [3.63, 3.8) is 0 Å². The summed E-state index contributed by atoms with van der Waals surface area (Å²) in [5.41, 5.74) is 1.88. The summed E-state index contributed by atoms with van der Waals surface area (Å²) in [6.45, 7) is 0.398. The van der Waals surface area contributed by atoms with Gasteiger partial charge in [0.2, 0.25) is 5.91 Å². The quantitative estimate of drug-likeness (QED) is 0.885. The molecule has 20 heavy (non-hydrogen) atoms. The maximum absolute atomic E-state index is 13.4. The van der Waals surface area contributed by atoms with Gasteiger partial charge >= 0.3 is 0 Å². The van der Waals surface area contributed by atoms with Crippen molar-refractivity contribution in [2.75, 3.05) is 20.3 Å². The minimum atomic E-state index is -1.03. The Bertz CT molecular complexity index is 466. The molecule has 2 atom stereocenters. The second kappa shape index (κ2) is 6.81. The fourth-order valence-corrected chi connectivity index (χ4v) is 2.61. The monoisotopic (exact) mass is 281 g/mol. The molecule has 1 heterocycles. The van der Waals surface area contributed by atoms with Crippen molar-refractivity contribution in [2.45, 2.75) is 31.7 Å². The van der Waals surface area contributed by atoms with E-state index < -0.39 is 6.17 Å². The van der Waals surface area contributed by atoms with Crippen LogP contribution in [0.4, 0.5) is 4.39 Å². The Balaban J connectivity index is 2.02. The van der Waals surface area contributed by atoms with Crippen molar-refractivity contribution in [1.29, 1.82) is 0 Å².